The molecule has 0 radical (unpaired) electrons. The van der Waals surface area contributed by atoms with Gasteiger partial charge in [-0.05, 0) is 35.4 Å². The van der Waals surface area contributed by atoms with Crippen LogP contribution in [0.2, 0.25) is 0 Å². The van der Waals surface area contributed by atoms with Crippen LogP contribution in [0.15, 0.2) is 35.5 Å². The minimum absolute atomic E-state index is 0.0388. The fourth-order valence-corrected chi connectivity index (χ4v) is 2.93. The second-order valence-corrected chi connectivity index (χ2v) is 5.88. The maximum atomic E-state index is 11.9. The van der Waals surface area contributed by atoms with Crippen molar-refractivity contribution in [2.75, 3.05) is 18.9 Å². The van der Waals surface area contributed by atoms with E-state index in [1.165, 1.54) is 11.8 Å². The summed E-state index contributed by atoms with van der Waals surface area (Å²) in [4.78, 5) is 11.9. The molecule has 0 spiro atoms. The van der Waals surface area contributed by atoms with Crippen LogP contribution in [0.1, 0.15) is 12.8 Å². The maximum Gasteiger partial charge on any atom is 0.230 e. The molecule has 3 rings (SSSR count). The van der Waals surface area contributed by atoms with E-state index in [-0.39, 0.29) is 17.8 Å². The Morgan fingerprint density at radius 1 is 1.41 bits per heavy atom. The monoisotopic (exact) mass is 319 g/mol. The number of thioether (sulfide) groups is 1. The van der Waals surface area contributed by atoms with Crippen molar-refractivity contribution in [2.24, 2.45) is 0 Å². The van der Waals surface area contributed by atoms with Crippen molar-refractivity contribution < 1.29 is 9.53 Å². The van der Waals surface area contributed by atoms with Crippen LogP contribution in [0.4, 0.5) is 0 Å². The lowest BCUT2D eigenvalue weighted by Gasteiger charge is -2.10. The number of benzene rings is 1. The highest BCUT2D eigenvalue weighted by molar-refractivity contribution is 7.99. The summed E-state index contributed by atoms with van der Waals surface area (Å²) in [6.45, 7) is 1.37. The van der Waals surface area contributed by atoms with Gasteiger partial charge >= 0.3 is 0 Å². The van der Waals surface area contributed by atoms with Crippen LogP contribution in [0.3, 0.4) is 0 Å². The Balaban J connectivity index is 1.51. The minimum Gasteiger partial charge on any atom is -0.376 e. The van der Waals surface area contributed by atoms with Crippen LogP contribution in [-0.2, 0) is 9.53 Å². The fraction of sp³-hybridized carbons (Fsp3) is 0.429. The van der Waals surface area contributed by atoms with Crippen LogP contribution in [0.5, 0.6) is 0 Å². The first-order valence-corrected chi connectivity index (χ1v) is 8.16. The van der Waals surface area contributed by atoms with E-state index < -0.39 is 0 Å². The molecule has 116 valence electrons. The molecule has 1 amide bonds. The van der Waals surface area contributed by atoms with Crippen molar-refractivity contribution in [1.82, 2.24) is 25.5 Å². The number of ether oxygens (including phenoxy) is 1. The van der Waals surface area contributed by atoms with E-state index in [2.05, 4.69) is 20.8 Å². The van der Waals surface area contributed by atoms with Gasteiger partial charge in [0.05, 0.1) is 17.5 Å². The summed E-state index contributed by atoms with van der Waals surface area (Å²) in [7, 11) is 0. The Morgan fingerprint density at radius 2 is 2.27 bits per heavy atom. The van der Waals surface area contributed by atoms with Crippen LogP contribution in [0, 0.1) is 0 Å². The van der Waals surface area contributed by atoms with E-state index in [9.17, 15) is 4.79 Å². The molecule has 1 aromatic heterocycles. The third-order valence-corrected chi connectivity index (χ3v) is 4.24. The van der Waals surface area contributed by atoms with E-state index in [0.717, 1.165) is 25.1 Å². The van der Waals surface area contributed by atoms with Crippen molar-refractivity contribution >= 4 is 17.7 Å². The highest BCUT2D eigenvalue weighted by Crippen LogP contribution is 2.17. The number of carbonyl (C=O) groups excluding carboxylic acids is 1. The topological polar surface area (TPSA) is 81.9 Å². The lowest BCUT2D eigenvalue weighted by molar-refractivity contribution is -0.119. The molecule has 0 bridgehead atoms. The minimum atomic E-state index is -0.0388. The number of nitrogens with one attached hydrogen (secondary N) is 1. The summed E-state index contributed by atoms with van der Waals surface area (Å²) in [6.07, 6.45) is 2.24. The van der Waals surface area contributed by atoms with Gasteiger partial charge in [-0.15, -0.1) is 5.10 Å². The third kappa shape index (κ3) is 3.83. The number of para-hydroxylation sites is 1. The number of aromatic nitrogens is 4. The van der Waals surface area contributed by atoms with Gasteiger partial charge in [-0.2, -0.15) is 4.68 Å². The van der Waals surface area contributed by atoms with Gasteiger partial charge in [0.2, 0.25) is 11.1 Å². The first kappa shape index (κ1) is 15.0. The van der Waals surface area contributed by atoms with Gasteiger partial charge in [0.25, 0.3) is 0 Å². The molecule has 1 fully saturated rings. The number of amides is 1. The number of hydrogen-bond acceptors (Lipinski definition) is 6. The Labute approximate surface area is 132 Å². The van der Waals surface area contributed by atoms with Gasteiger partial charge in [0.1, 0.15) is 0 Å². The normalized spacial score (nSPS) is 17.5. The third-order valence-electron chi connectivity index (χ3n) is 3.32. The highest BCUT2D eigenvalue weighted by Gasteiger charge is 2.17. The number of rotatable bonds is 6. The molecule has 8 heteroatoms. The molecule has 2 aromatic rings. The predicted molar refractivity (Wildman–Crippen MR) is 81.9 cm³/mol. The molecule has 1 aliphatic heterocycles. The van der Waals surface area contributed by atoms with Gasteiger partial charge in [-0.25, -0.2) is 0 Å². The first-order valence-electron chi connectivity index (χ1n) is 7.18. The van der Waals surface area contributed by atoms with E-state index in [1.54, 1.807) is 4.68 Å². The predicted octanol–water partition coefficient (Wildman–Crippen LogP) is 1.05. The fourth-order valence-electron chi connectivity index (χ4n) is 2.21. The molecule has 1 aliphatic rings. The Morgan fingerprint density at radius 3 is 3.05 bits per heavy atom. The number of tetrazole rings is 1. The second-order valence-electron chi connectivity index (χ2n) is 4.94. The summed E-state index contributed by atoms with van der Waals surface area (Å²) in [5, 5.41) is 15.1. The van der Waals surface area contributed by atoms with Gasteiger partial charge < -0.3 is 10.1 Å². The smallest absolute Gasteiger partial charge is 0.230 e. The van der Waals surface area contributed by atoms with Crippen molar-refractivity contribution in [3.05, 3.63) is 30.3 Å². The Hall–Kier alpha value is -1.93. The van der Waals surface area contributed by atoms with Gasteiger partial charge in [0, 0.05) is 13.2 Å². The summed E-state index contributed by atoms with van der Waals surface area (Å²) in [6, 6.07) is 9.59. The largest absolute Gasteiger partial charge is 0.376 e. The lowest BCUT2D eigenvalue weighted by atomic mass is 10.2. The van der Waals surface area contributed by atoms with E-state index in [0.29, 0.717) is 11.7 Å². The molecule has 1 atom stereocenters. The number of carbonyl (C=O) groups is 1. The van der Waals surface area contributed by atoms with Gasteiger partial charge in [-0.3, -0.25) is 4.79 Å². The second kappa shape index (κ2) is 7.37. The molecular weight excluding hydrogens is 302 g/mol. The first-order chi connectivity index (χ1) is 10.8. The molecule has 1 saturated heterocycles. The molecule has 1 N–H and O–H groups in total. The quantitative estimate of drug-likeness (QED) is 0.802. The van der Waals surface area contributed by atoms with Gasteiger partial charge in [0.15, 0.2) is 0 Å². The molecule has 1 aromatic carbocycles. The molecule has 0 unspecified atom stereocenters. The summed E-state index contributed by atoms with van der Waals surface area (Å²) in [5.41, 5.74) is 0.870. The Bertz CT molecular complexity index is 613. The highest BCUT2D eigenvalue weighted by atomic mass is 32.2. The SMILES string of the molecule is O=C(CSc1nnnn1-c1ccccc1)NC[C@@H]1CCCO1. The lowest BCUT2D eigenvalue weighted by Crippen LogP contribution is -2.32. The number of nitrogens with zero attached hydrogens (tertiary/aromatic N) is 4. The van der Waals surface area contributed by atoms with Crippen molar-refractivity contribution in [2.45, 2.75) is 24.1 Å². The van der Waals surface area contributed by atoms with E-state index in [4.69, 9.17) is 4.74 Å². The maximum absolute atomic E-state index is 11.9. The zero-order chi connectivity index (χ0) is 15.2. The van der Waals surface area contributed by atoms with Crippen molar-refractivity contribution in [3.63, 3.8) is 0 Å². The van der Waals surface area contributed by atoms with Crippen molar-refractivity contribution in [1.29, 1.82) is 0 Å². The summed E-state index contributed by atoms with van der Waals surface area (Å²) in [5.74, 6) is 0.239. The molecule has 22 heavy (non-hydrogen) atoms. The Kier molecular flexibility index (Phi) is 5.02. The number of hydrogen-bond donors (Lipinski definition) is 1. The van der Waals surface area contributed by atoms with E-state index >= 15 is 0 Å². The van der Waals surface area contributed by atoms with Crippen LogP contribution < -0.4 is 5.32 Å². The summed E-state index contributed by atoms with van der Waals surface area (Å²) < 4.78 is 7.10. The average Bonchev–Trinajstić information content (AvgIpc) is 3.23. The van der Waals surface area contributed by atoms with Crippen molar-refractivity contribution in [3.8, 4) is 5.69 Å². The molecule has 0 saturated carbocycles. The van der Waals surface area contributed by atoms with Crippen LogP contribution >= 0.6 is 11.8 Å². The van der Waals surface area contributed by atoms with Crippen LogP contribution in [0.25, 0.3) is 5.69 Å². The zero-order valence-electron chi connectivity index (χ0n) is 12.0. The zero-order valence-corrected chi connectivity index (χ0v) is 12.8. The summed E-state index contributed by atoms with van der Waals surface area (Å²) >= 11 is 1.31. The van der Waals surface area contributed by atoms with Crippen LogP contribution in [-0.4, -0.2) is 51.1 Å². The molecule has 2 heterocycles. The molecular formula is C14H17N5O2S. The molecule has 7 nitrogen and oxygen atoms in total. The standard InChI is InChI=1S/C14H17N5O2S/c20-13(15-9-12-7-4-8-21-12)10-22-14-16-17-18-19(14)11-5-2-1-3-6-11/h1-3,5-6,12H,4,7-10H2,(H,15,20)/t12-/m0/s1. The average molecular weight is 319 g/mol. The molecule has 0 aliphatic carbocycles. The van der Waals surface area contributed by atoms with Gasteiger partial charge in [-0.1, -0.05) is 30.0 Å². The van der Waals surface area contributed by atoms with E-state index in [1.807, 2.05) is 30.3 Å².